The van der Waals surface area contributed by atoms with Gasteiger partial charge in [-0.3, -0.25) is 0 Å². The second-order valence-electron chi connectivity index (χ2n) is 9.72. The lowest BCUT2D eigenvalue weighted by Gasteiger charge is -2.59. The molecule has 2 unspecified atom stereocenters. The van der Waals surface area contributed by atoms with Crippen molar-refractivity contribution in [1.29, 1.82) is 5.26 Å². The molecule has 4 aliphatic carbocycles. The van der Waals surface area contributed by atoms with Crippen molar-refractivity contribution in [3.63, 3.8) is 0 Å². The van der Waals surface area contributed by atoms with E-state index in [1.807, 2.05) is 20.0 Å². The summed E-state index contributed by atoms with van der Waals surface area (Å²) in [6.07, 6.45) is 7.54. The Morgan fingerprint density at radius 3 is 2.37 bits per heavy atom. The standard InChI is InChI=1S/C22H28ClN3O3S/c1-21(2,29-18-6-4-17(23)5-7-18)20(25-13-24)26-19-15-8-14-9-16(19)12-22(10-14,11-15)30(3,27)28/h4-7,14-16,19H,8-12H2,1-3H3,(H,25,26). The molecule has 6 nitrogen and oxygen atoms in total. The van der Waals surface area contributed by atoms with Crippen LogP contribution in [0.3, 0.4) is 0 Å². The number of benzene rings is 1. The molecule has 4 saturated carbocycles. The number of nitrogens with one attached hydrogen (secondary N) is 1. The van der Waals surface area contributed by atoms with Crippen molar-refractivity contribution < 1.29 is 13.2 Å². The summed E-state index contributed by atoms with van der Waals surface area (Å²) in [4.78, 5) is 4.07. The van der Waals surface area contributed by atoms with Gasteiger partial charge >= 0.3 is 0 Å². The number of halogens is 1. The zero-order chi connectivity index (χ0) is 21.7. The van der Waals surface area contributed by atoms with Gasteiger partial charge in [-0.1, -0.05) is 11.6 Å². The fourth-order valence-corrected chi connectivity index (χ4v) is 7.73. The monoisotopic (exact) mass is 449 g/mol. The number of ether oxygens (including phenoxy) is 1. The van der Waals surface area contributed by atoms with Crippen molar-refractivity contribution in [3.05, 3.63) is 29.3 Å². The Balaban J connectivity index is 1.55. The van der Waals surface area contributed by atoms with Crippen LogP contribution in [0.5, 0.6) is 5.75 Å². The minimum atomic E-state index is -3.10. The number of nitrogens with zero attached hydrogens (tertiary/aromatic N) is 2. The fraction of sp³-hybridized carbons (Fsp3) is 0.636. The van der Waals surface area contributed by atoms with Crippen LogP contribution in [-0.4, -0.2) is 36.9 Å². The molecule has 0 heterocycles. The highest BCUT2D eigenvalue weighted by Crippen LogP contribution is 2.58. The minimum absolute atomic E-state index is 0.108. The first-order valence-corrected chi connectivity index (χ1v) is 12.7. The molecule has 1 aromatic rings. The van der Waals surface area contributed by atoms with Crippen LogP contribution < -0.4 is 10.1 Å². The third-order valence-corrected chi connectivity index (χ3v) is 9.55. The SMILES string of the molecule is CC(C)(Oc1ccc(Cl)cc1)/C(=N\C#N)NC1C2CC3CC1CC(S(C)(=O)=O)(C3)C2. The second kappa shape index (κ2) is 7.42. The topological polar surface area (TPSA) is 91.5 Å². The van der Waals surface area contributed by atoms with E-state index in [-0.39, 0.29) is 17.9 Å². The lowest BCUT2D eigenvalue weighted by atomic mass is 9.53. The zero-order valence-corrected chi connectivity index (χ0v) is 19.1. The molecule has 4 fully saturated rings. The van der Waals surface area contributed by atoms with Crippen molar-refractivity contribution in [2.24, 2.45) is 22.7 Å². The normalized spacial score (nSPS) is 33.2. The van der Waals surface area contributed by atoms with Gasteiger partial charge in [-0.15, -0.1) is 0 Å². The molecule has 1 N–H and O–H groups in total. The van der Waals surface area contributed by atoms with Gasteiger partial charge in [0.05, 0.1) is 4.75 Å². The number of hydrogen-bond donors (Lipinski definition) is 1. The van der Waals surface area contributed by atoms with Crippen molar-refractivity contribution in [2.45, 2.75) is 62.3 Å². The van der Waals surface area contributed by atoms with Crippen molar-refractivity contribution in [3.8, 4) is 11.9 Å². The summed E-state index contributed by atoms with van der Waals surface area (Å²) in [6.45, 7) is 3.75. The molecule has 8 heteroatoms. The van der Waals surface area contributed by atoms with E-state index in [4.69, 9.17) is 16.3 Å². The van der Waals surface area contributed by atoms with E-state index in [0.717, 1.165) is 19.3 Å². The Labute approximate surface area is 183 Å². The first kappa shape index (κ1) is 21.5. The van der Waals surface area contributed by atoms with Crippen LogP contribution in [0.25, 0.3) is 0 Å². The predicted octanol–water partition coefficient (Wildman–Crippen LogP) is 3.96. The molecule has 0 radical (unpaired) electrons. The molecule has 0 saturated heterocycles. The predicted molar refractivity (Wildman–Crippen MR) is 117 cm³/mol. The van der Waals surface area contributed by atoms with Gasteiger partial charge < -0.3 is 10.1 Å². The molecule has 0 aliphatic heterocycles. The third-order valence-electron chi connectivity index (χ3n) is 7.23. The van der Waals surface area contributed by atoms with E-state index in [0.29, 0.717) is 35.4 Å². The van der Waals surface area contributed by atoms with E-state index >= 15 is 0 Å². The van der Waals surface area contributed by atoms with Gasteiger partial charge in [0.15, 0.2) is 21.3 Å². The van der Waals surface area contributed by atoms with Crippen LogP contribution in [0, 0.1) is 29.2 Å². The smallest absolute Gasteiger partial charge is 0.207 e. The average molecular weight is 450 g/mol. The zero-order valence-electron chi connectivity index (χ0n) is 17.6. The number of aliphatic imine (C=N–C) groups is 1. The summed E-state index contributed by atoms with van der Waals surface area (Å²) in [5, 5.41) is 13.4. The summed E-state index contributed by atoms with van der Waals surface area (Å²) >= 11 is 5.96. The van der Waals surface area contributed by atoms with Gasteiger partial charge in [-0.05, 0) is 88.0 Å². The van der Waals surface area contributed by atoms with Gasteiger partial charge in [0.1, 0.15) is 5.75 Å². The van der Waals surface area contributed by atoms with Crippen LogP contribution in [0.2, 0.25) is 5.02 Å². The molecular formula is C22H28ClN3O3S. The van der Waals surface area contributed by atoms with Crippen LogP contribution in [0.1, 0.15) is 46.0 Å². The first-order chi connectivity index (χ1) is 14.0. The van der Waals surface area contributed by atoms with Gasteiger partial charge in [-0.25, -0.2) is 8.42 Å². The molecule has 0 aromatic heterocycles. The Morgan fingerprint density at radius 2 is 1.83 bits per heavy atom. The summed E-state index contributed by atoms with van der Waals surface area (Å²) in [5.74, 6) is 2.12. The van der Waals surface area contributed by atoms with Gasteiger partial charge in [0.25, 0.3) is 0 Å². The van der Waals surface area contributed by atoms with Crippen LogP contribution in [0.15, 0.2) is 29.3 Å². The molecule has 5 rings (SSSR count). The maximum Gasteiger partial charge on any atom is 0.207 e. The Morgan fingerprint density at radius 1 is 1.23 bits per heavy atom. The average Bonchev–Trinajstić information content (AvgIpc) is 2.64. The number of hydrogen-bond acceptors (Lipinski definition) is 5. The highest BCUT2D eigenvalue weighted by atomic mass is 35.5. The molecule has 2 atom stereocenters. The molecule has 0 amide bonds. The van der Waals surface area contributed by atoms with Crippen LogP contribution >= 0.6 is 11.6 Å². The summed E-state index contributed by atoms with van der Waals surface area (Å²) < 4.78 is 30.7. The summed E-state index contributed by atoms with van der Waals surface area (Å²) in [7, 11) is -3.10. The van der Waals surface area contributed by atoms with Crippen molar-refractivity contribution in [2.75, 3.05) is 6.26 Å². The van der Waals surface area contributed by atoms with Crippen LogP contribution in [0.4, 0.5) is 0 Å². The minimum Gasteiger partial charge on any atom is -0.480 e. The Hall–Kier alpha value is -1.78. The Kier molecular flexibility index (Phi) is 5.31. The summed E-state index contributed by atoms with van der Waals surface area (Å²) in [6, 6.07) is 7.18. The maximum absolute atomic E-state index is 12.6. The molecule has 4 bridgehead atoms. The lowest BCUT2D eigenvalue weighted by molar-refractivity contribution is 0.00460. The first-order valence-electron chi connectivity index (χ1n) is 10.4. The number of nitriles is 1. The number of sulfone groups is 1. The molecular weight excluding hydrogens is 422 g/mol. The van der Waals surface area contributed by atoms with Crippen LogP contribution in [-0.2, 0) is 9.84 Å². The van der Waals surface area contributed by atoms with E-state index in [9.17, 15) is 13.7 Å². The molecule has 1 aromatic carbocycles. The van der Waals surface area contributed by atoms with E-state index in [1.165, 1.54) is 6.26 Å². The van der Waals surface area contributed by atoms with E-state index in [2.05, 4.69) is 10.3 Å². The second-order valence-corrected chi connectivity index (χ2v) is 12.6. The third kappa shape index (κ3) is 3.80. The Bertz CT molecular complexity index is 981. The maximum atomic E-state index is 12.6. The largest absolute Gasteiger partial charge is 0.480 e. The quantitative estimate of drug-likeness (QED) is 0.417. The van der Waals surface area contributed by atoms with Gasteiger partial charge in [0, 0.05) is 17.3 Å². The lowest BCUT2D eigenvalue weighted by Crippen LogP contribution is -2.65. The fourth-order valence-electron chi connectivity index (χ4n) is 6.03. The van der Waals surface area contributed by atoms with E-state index in [1.54, 1.807) is 24.3 Å². The van der Waals surface area contributed by atoms with Gasteiger partial charge in [-0.2, -0.15) is 10.3 Å². The molecule has 30 heavy (non-hydrogen) atoms. The molecule has 4 aliphatic rings. The number of amidine groups is 1. The number of rotatable bonds is 5. The van der Waals surface area contributed by atoms with Crippen molar-refractivity contribution >= 4 is 27.3 Å². The highest BCUT2D eigenvalue weighted by Gasteiger charge is 2.59. The van der Waals surface area contributed by atoms with Gasteiger partial charge in [0.2, 0.25) is 6.19 Å². The molecule has 162 valence electrons. The van der Waals surface area contributed by atoms with Crippen molar-refractivity contribution in [1.82, 2.24) is 5.32 Å². The van der Waals surface area contributed by atoms with E-state index < -0.39 is 20.2 Å². The molecule has 0 spiro atoms. The summed E-state index contributed by atoms with van der Waals surface area (Å²) in [5.41, 5.74) is -0.854. The highest BCUT2D eigenvalue weighted by molar-refractivity contribution is 7.92.